The smallest absolute Gasteiger partial charge is 0.271 e. The molecule has 3 aromatic carbocycles. The van der Waals surface area contributed by atoms with Crippen LogP contribution >= 0.6 is 15.9 Å². The molecule has 0 bridgehead atoms. The van der Waals surface area contributed by atoms with Gasteiger partial charge in [-0.05, 0) is 60.7 Å². The molecule has 0 saturated carbocycles. The minimum absolute atomic E-state index is 0.268. The van der Waals surface area contributed by atoms with Gasteiger partial charge in [-0.2, -0.15) is 5.10 Å². The Labute approximate surface area is 192 Å². The van der Waals surface area contributed by atoms with Gasteiger partial charge in [0.1, 0.15) is 17.3 Å². The van der Waals surface area contributed by atoms with Crippen molar-refractivity contribution in [3.05, 3.63) is 88.1 Å². The molecule has 0 saturated heterocycles. The Morgan fingerprint density at radius 3 is 2.62 bits per heavy atom. The zero-order valence-electron chi connectivity index (χ0n) is 17.0. The third-order valence-corrected chi connectivity index (χ3v) is 4.65. The van der Waals surface area contributed by atoms with Crippen LogP contribution in [0.3, 0.4) is 0 Å². The van der Waals surface area contributed by atoms with E-state index >= 15 is 0 Å². The van der Waals surface area contributed by atoms with Gasteiger partial charge in [0, 0.05) is 21.3 Å². The molecule has 0 heterocycles. The Morgan fingerprint density at radius 2 is 1.88 bits per heavy atom. The van der Waals surface area contributed by atoms with Crippen LogP contribution in [-0.2, 0) is 4.79 Å². The number of nitrogens with zero attached hydrogens (tertiary/aromatic N) is 1. The average Bonchev–Trinajstić information content (AvgIpc) is 2.80. The number of halogens is 2. The number of methoxy groups -OCH3 is 1. The Bertz CT molecular complexity index is 1140. The van der Waals surface area contributed by atoms with Crippen molar-refractivity contribution in [3.63, 3.8) is 0 Å². The fourth-order valence-electron chi connectivity index (χ4n) is 2.61. The lowest BCUT2D eigenvalue weighted by Crippen LogP contribution is -2.20. The minimum atomic E-state index is -0.409. The number of rotatable bonds is 8. The highest BCUT2D eigenvalue weighted by atomic mass is 79.9. The van der Waals surface area contributed by atoms with E-state index in [0.717, 1.165) is 4.47 Å². The summed E-state index contributed by atoms with van der Waals surface area (Å²) in [7, 11) is 1.52. The first kappa shape index (κ1) is 23.0. The number of benzene rings is 3. The summed E-state index contributed by atoms with van der Waals surface area (Å²) < 4.78 is 24.4. The summed E-state index contributed by atoms with van der Waals surface area (Å²) in [6, 6.07) is 17.2. The number of carbonyl (C=O) groups is 2. The second-order valence-corrected chi connectivity index (χ2v) is 7.37. The van der Waals surface area contributed by atoms with E-state index in [1.54, 1.807) is 42.5 Å². The summed E-state index contributed by atoms with van der Waals surface area (Å²) >= 11 is 3.37. The highest BCUT2D eigenvalue weighted by Gasteiger charge is 2.09. The van der Waals surface area contributed by atoms with Gasteiger partial charge in [0.15, 0.2) is 6.61 Å². The Balaban J connectivity index is 1.62. The van der Waals surface area contributed by atoms with Gasteiger partial charge in [-0.25, -0.2) is 9.82 Å². The summed E-state index contributed by atoms with van der Waals surface area (Å²) in [6.07, 6.45) is 1.41. The number of nitrogens with one attached hydrogen (secondary N) is 2. The van der Waals surface area contributed by atoms with Crippen LogP contribution in [0.2, 0.25) is 0 Å². The fraction of sp³-hybridized carbons (Fsp3) is 0.0870. The maximum atomic E-state index is 13.0. The topological polar surface area (TPSA) is 89.0 Å². The molecule has 0 radical (unpaired) electrons. The van der Waals surface area contributed by atoms with Crippen molar-refractivity contribution in [1.82, 2.24) is 5.43 Å². The van der Waals surface area contributed by atoms with Gasteiger partial charge in [0.2, 0.25) is 0 Å². The van der Waals surface area contributed by atoms with Crippen LogP contribution in [0.4, 0.5) is 10.1 Å². The molecule has 3 rings (SSSR count). The van der Waals surface area contributed by atoms with Gasteiger partial charge < -0.3 is 14.8 Å². The number of hydrogen-bond acceptors (Lipinski definition) is 5. The Kier molecular flexibility index (Phi) is 7.93. The zero-order valence-corrected chi connectivity index (χ0v) is 18.6. The number of hydrazone groups is 1. The van der Waals surface area contributed by atoms with Crippen molar-refractivity contribution >= 4 is 39.6 Å². The number of anilines is 1. The fourth-order valence-corrected chi connectivity index (χ4v) is 2.99. The van der Waals surface area contributed by atoms with Crippen LogP contribution in [0.1, 0.15) is 15.9 Å². The summed E-state index contributed by atoms with van der Waals surface area (Å²) in [5, 5.41) is 6.59. The summed E-state index contributed by atoms with van der Waals surface area (Å²) in [4.78, 5) is 24.4. The maximum absolute atomic E-state index is 13.0. The minimum Gasteiger partial charge on any atom is -0.497 e. The summed E-state index contributed by atoms with van der Waals surface area (Å²) in [5.74, 6) is -0.258. The molecule has 0 aliphatic rings. The molecular formula is C23H19BrFN3O4. The monoisotopic (exact) mass is 499 g/mol. The molecule has 2 N–H and O–H groups in total. The second-order valence-electron chi connectivity index (χ2n) is 6.46. The normalized spacial score (nSPS) is 10.6. The molecule has 0 atom stereocenters. The molecule has 0 aliphatic carbocycles. The third-order valence-electron chi connectivity index (χ3n) is 4.16. The lowest BCUT2D eigenvalue weighted by molar-refractivity contribution is -0.118. The lowest BCUT2D eigenvalue weighted by Gasteiger charge is -2.10. The molecule has 0 aliphatic heterocycles. The van der Waals surface area contributed by atoms with Crippen LogP contribution in [0.5, 0.6) is 11.5 Å². The highest BCUT2D eigenvalue weighted by Crippen LogP contribution is 2.22. The first-order valence-electron chi connectivity index (χ1n) is 9.40. The van der Waals surface area contributed by atoms with Gasteiger partial charge in [0.25, 0.3) is 11.8 Å². The molecule has 0 aromatic heterocycles. The number of amides is 2. The largest absolute Gasteiger partial charge is 0.497 e. The number of ether oxygens (including phenoxy) is 2. The van der Waals surface area contributed by atoms with Crippen molar-refractivity contribution in [3.8, 4) is 11.5 Å². The quantitative estimate of drug-likeness (QED) is 0.355. The Hall–Kier alpha value is -3.72. The van der Waals surface area contributed by atoms with E-state index in [4.69, 9.17) is 9.47 Å². The molecule has 32 heavy (non-hydrogen) atoms. The molecule has 3 aromatic rings. The predicted octanol–water partition coefficient (Wildman–Crippen LogP) is 4.38. The van der Waals surface area contributed by atoms with E-state index in [2.05, 4.69) is 31.8 Å². The molecule has 164 valence electrons. The van der Waals surface area contributed by atoms with Gasteiger partial charge in [-0.15, -0.1) is 0 Å². The summed E-state index contributed by atoms with van der Waals surface area (Å²) in [6.45, 7) is -0.268. The van der Waals surface area contributed by atoms with Crippen molar-refractivity contribution in [2.75, 3.05) is 19.0 Å². The van der Waals surface area contributed by atoms with E-state index in [-0.39, 0.29) is 6.61 Å². The maximum Gasteiger partial charge on any atom is 0.271 e. The van der Waals surface area contributed by atoms with Crippen molar-refractivity contribution in [1.29, 1.82) is 0 Å². The average molecular weight is 500 g/mol. The van der Waals surface area contributed by atoms with E-state index in [0.29, 0.717) is 28.3 Å². The Morgan fingerprint density at radius 1 is 1.09 bits per heavy atom. The van der Waals surface area contributed by atoms with Crippen molar-refractivity contribution in [2.45, 2.75) is 0 Å². The molecule has 9 heteroatoms. The molecule has 7 nitrogen and oxygen atoms in total. The predicted molar refractivity (Wildman–Crippen MR) is 123 cm³/mol. The first-order chi connectivity index (χ1) is 15.4. The molecule has 0 unspecified atom stereocenters. The molecule has 0 fully saturated rings. The van der Waals surface area contributed by atoms with Crippen LogP contribution in [0.15, 0.2) is 76.3 Å². The SMILES string of the molecule is COc1cccc(C(=O)NN=Cc2cc(Br)ccc2OCC(=O)Nc2ccc(F)cc2)c1. The second kappa shape index (κ2) is 11.1. The van der Waals surface area contributed by atoms with Gasteiger partial charge >= 0.3 is 0 Å². The van der Waals surface area contributed by atoms with Gasteiger partial charge in [-0.3, -0.25) is 9.59 Å². The summed E-state index contributed by atoms with van der Waals surface area (Å²) in [5.41, 5.74) is 3.83. The lowest BCUT2D eigenvalue weighted by atomic mass is 10.2. The van der Waals surface area contributed by atoms with Crippen LogP contribution in [0.25, 0.3) is 0 Å². The third kappa shape index (κ3) is 6.64. The standard InChI is InChI=1S/C23H19BrFN3O4/c1-31-20-4-2-3-15(12-20)23(30)28-26-13-16-11-17(24)5-10-21(16)32-14-22(29)27-19-8-6-18(25)7-9-19/h2-13H,14H2,1H3,(H,27,29)(H,28,30). The van der Waals surface area contributed by atoms with E-state index in [1.807, 2.05) is 0 Å². The number of hydrogen-bond donors (Lipinski definition) is 2. The van der Waals surface area contributed by atoms with Gasteiger partial charge in [-0.1, -0.05) is 22.0 Å². The van der Waals surface area contributed by atoms with Gasteiger partial charge in [0.05, 0.1) is 13.3 Å². The molecule has 2 amide bonds. The van der Waals surface area contributed by atoms with Crippen LogP contribution < -0.4 is 20.2 Å². The van der Waals surface area contributed by atoms with E-state index in [9.17, 15) is 14.0 Å². The number of carbonyl (C=O) groups excluding carboxylic acids is 2. The molecule has 0 spiro atoms. The highest BCUT2D eigenvalue weighted by molar-refractivity contribution is 9.10. The van der Waals surface area contributed by atoms with Crippen LogP contribution in [-0.4, -0.2) is 31.7 Å². The first-order valence-corrected chi connectivity index (χ1v) is 10.2. The van der Waals surface area contributed by atoms with Crippen molar-refractivity contribution in [2.24, 2.45) is 5.10 Å². The van der Waals surface area contributed by atoms with E-state index in [1.165, 1.54) is 37.6 Å². The van der Waals surface area contributed by atoms with E-state index < -0.39 is 17.6 Å². The zero-order chi connectivity index (χ0) is 22.9. The molecular weight excluding hydrogens is 481 g/mol. The van der Waals surface area contributed by atoms with Crippen LogP contribution in [0, 0.1) is 5.82 Å². The van der Waals surface area contributed by atoms with Crippen molar-refractivity contribution < 1.29 is 23.5 Å².